The van der Waals surface area contributed by atoms with Crippen LogP contribution in [0.1, 0.15) is 28.7 Å². The minimum Gasteiger partial charge on any atom is -0.497 e. The SMILES string of the molecule is CCn1nc(C)c(Cl)c1C(=O)NCc1ccc(OC)cc1. The topological polar surface area (TPSA) is 56.2 Å². The second kappa shape index (κ2) is 6.63. The molecule has 112 valence electrons. The maximum absolute atomic E-state index is 12.3. The Kier molecular flexibility index (Phi) is 4.85. The summed E-state index contributed by atoms with van der Waals surface area (Å²) in [6.07, 6.45) is 0. The van der Waals surface area contributed by atoms with Gasteiger partial charge in [-0.3, -0.25) is 9.48 Å². The zero-order valence-electron chi connectivity index (χ0n) is 12.3. The second-order valence-electron chi connectivity index (χ2n) is 4.59. The van der Waals surface area contributed by atoms with Crippen LogP contribution in [0.3, 0.4) is 0 Å². The Morgan fingerprint density at radius 3 is 2.62 bits per heavy atom. The fourth-order valence-electron chi connectivity index (χ4n) is 2.01. The van der Waals surface area contributed by atoms with Gasteiger partial charge < -0.3 is 10.1 Å². The fraction of sp³-hybridized carbons (Fsp3) is 0.333. The molecule has 0 unspecified atom stereocenters. The number of carbonyl (C=O) groups is 1. The van der Waals surface area contributed by atoms with E-state index in [0.29, 0.717) is 29.5 Å². The van der Waals surface area contributed by atoms with E-state index in [1.54, 1.807) is 18.7 Å². The Morgan fingerprint density at radius 2 is 2.05 bits per heavy atom. The zero-order chi connectivity index (χ0) is 15.4. The van der Waals surface area contributed by atoms with Crippen LogP contribution < -0.4 is 10.1 Å². The molecule has 0 aliphatic rings. The molecule has 0 bridgehead atoms. The summed E-state index contributed by atoms with van der Waals surface area (Å²) >= 11 is 6.15. The second-order valence-corrected chi connectivity index (χ2v) is 4.97. The number of aromatic nitrogens is 2. The maximum atomic E-state index is 12.3. The van der Waals surface area contributed by atoms with Crippen molar-refractivity contribution in [2.24, 2.45) is 0 Å². The Labute approximate surface area is 128 Å². The number of methoxy groups -OCH3 is 1. The summed E-state index contributed by atoms with van der Waals surface area (Å²) in [4.78, 5) is 12.3. The van der Waals surface area contributed by atoms with Gasteiger partial charge in [-0.2, -0.15) is 5.10 Å². The lowest BCUT2D eigenvalue weighted by Gasteiger charge is -2.08. The zero-order valence-corrected chi connectivity index (χ0v) is 13.1. The number of halogens is 1. The average Bonchev–Trinajstić information content (AvgIpc) is 2.80. The number of ether oxygens (including phenoxy) is 1. The van der Waals surface area contributed by atoms with Crippen molar-refractivity contribution in [3.8, 4) is 5.75 Å². The minimum absolute atomic E-state index is 0.224. The van der Waals surface area contributed by atoms with E-state index in [9.17, 15) is 4.79 Å². The molecule has 0 fully saturated rings. The third-order valence-electron chi connectivity index (χ3n) is 3.18. The van der Waals surface area contributed by atoms with Crippen molar-refractivity contribution in [1.82, 2.24) is 15.1 Å². The highest BCUT2D eigenvalue weighted by atomic mass is 35.5. The Hall–Kier alpha value is -2.01. The molecule has 0 spiro atoms. The molecule has 1 aromatic heterocycles. The molecule has 2 rings (SSSR count). The van der Waals surface area contributed by atoms with Gasteiger partial charge >= 0.3 is 0 Å². The monoisotopic (exact) mass is 307 g/mol. The van der Waals surface area contributed by atoms with Crippen molar-refractivity contribution in [3.63, 3.8) is 0 Å². The summed E-state index contributed by atoms with van der Waals surface area (Å²) < 4.78 is 6.71. The Bertz CT molecular complexity index is 635. The van der Waals surface area contributed by atoms with Gasteiger partial charge in [-0.15, -0.1) is 0 Å². The molecule has 21 heavy (non-hydrogen) atoms. The number of rotatable bonds is 5. The van der Waals surface area contributed by atoms with Gasteiger partial charge in [0, 0.05) is 13.1 Å². The van der Waals surface area contributed by atoms with Gasteiger partial charge in [-0.1, -0.05) is 23.7 Å². The Morgan fingerprint density at radius 1 is 1.38 bits per heavy atom. The van der Waals surface area contributed by atoms with Gasteiger partial charge in [-0.25, -0.2) is 0 Å². The number of amides is 1. The summed E-state index contributed by atoms with van der Waals surface area (Å²) in [7, 11) is 1.62. The first-order valence-electron chi connectivity index (χ1n) is 6.70. The molecule has 5 nitrogen and oxygen atoms in total. The molecule has 0 aliphatic carbocycles. The van der Waals surface area contributed by atoms with E-state index in [0.717, 1.165) is 11.3 Å². The summed E-state index contributed by atoms with van der Waals surface area (Å²) in [6, 6.07) is 7.52. The van der Waals surface area contributed by atoms with Gasteiger partial charge in [0.15, 0.2) is 0 Å². The number of hydrogen-bond acceptors (Lipinski definition) is 3. The van der Waals surface area contributed by atoms with E-state index in [1.165, 1.54) is 0 Å². The van der Waals surface area contributed by atoms with Crippen LogP contribution in [0.4, 0.5) is 0 Å². The lowest BCUT2D eigenvalue weighted by Crippen LogP contribution is -2.26. The van der Waals surface area contributed by atoms with E-state index in [4.69, 9.17) is 16.3 Å². The van der Waals surface area contributed by atoms with E-state index >= 15 is 0 Å². The molecule has 6 heteroatoms. The fourth-order valence-corrected chi connectivity index (χ4v) is 2.24. The molecule has 0 aliphatic heterocycles. The van der Waals surface area contributed by atoms with Gasteiger partial charge in [-0.05, 0) is 31.5 Å². The van der Waals surface area contributed by atoms with Crippen LogP contribution >= 0.6 is 11.6 Å². The maximum Gasteiger partial charge on any atom is 0.271 e. The van der Waals surface area contributed by atoms with Crippen LogP contribution in [0.25, 0.3) is 0 Å². The molecular formula is C15H18ClN3O2. The van der Waals surface area contributed by atoms with Crippen LogP contribution in [-0.4, -0.2) is 22.8 Å². The molecule has 0 saturated carbocycles. The summed E-state index contributed by atoms with van der Waals surface area (Å²) in [5.74, 6) is 0.561. The van der Waals surface area contributed by atoms with Crippen LogP contribution in [0.15, 0.2) is 24.3 Å². The standard InChI is InChI=1S/C15H18ClN3O2/c1-4-19-14(13(16)10(2)18-19)15(20)17-9-11-5-7-12(21-3)8-6-11/h5-8H,4,9H2,1-3H3,(H,17,20). The summed E-state index contributed by atoms with van der Waals surface area (Å²) in [6.45, 7) is 4.73. The molecule has 1 amide bonds. The number of benzene rings is 1. The van der Waals surface area contributed by atoms with Crippen molar-refractivity contribution in [3.05, 3.63) is 46.2 Å². The molecule has 1 heterocycles. The average molecular weight is 308 g/mol. The molecule has 2 aromatic rings. The normalized spacial score (nSPS) is 10.5. The van der Waals surface area contributed by atoms with Crippen molar-refractivity contribution < 1.29 is 9.53 Å². The number of nitrogens with one attached hydrogen (secondary N) is 1. The minimum atomic E-state index is -0.224. The third kappa shape index (κ3) is 3.36. The molecule has 1 aromatic carbocycles. The van der Waals surface area contributed by atoms with Crippen molar-refractivity contribution in [1.29, 1.82) is 0 Å². The van der Waals surface area contributed by atoms with Gasteiger partial charge in [0.25, 0.3) is 5.91 Å². The van der Waals surface area contributed by atoms with Crippen LogP contribution in [0.2, 0.25) is 5.02 Å². The highest BCUT2D eigenvalue weighted by Crippen LogP contribution is 2.20. The van der Waals surface area contributed by atoms with Crippen molar-refractivity contribution >= 4 is 17.5 Å². The highest BCUT2D eigenvalue weighted by molar-refractivity contribution is 6.34. The first kappa shape index (κ1) is 15.4. The number of nitrogens with zero attached hydrogens (tertiary/aromatic N) is 2. The van der Waals surface area contributed by atoms with Gasteiger partial charge in [0.1, 0.15) is 11.4 Å². The Balaban J connectivity index is 2.07. The largest absolute Gasteiger partial charge is 0.497 e. The molecule has 1 N–H and O–H groups in total. The quantitative estimate of drug-likeness (QED) is 0.924. The van der Waals surface area contributed by atoms with Crippen LogP contribution in [-0.2, 0) is 13.1 Å². The molecular weight excluding hydrogens is 290 g/mol. The number of carbonyl (C=O) groups excluding carboxylic acids is 1. The summed E-state index contributed by atoms with van der Waals surface area (Å²) in [5.41, 5.74) is 2.05. The molecule has 0 atom stereocenters. The first-order chi connectivity index (χ1) is 10.1. The van der Waals surface area contributed by atoms with E-state index in [1.807, 2.05) is 31.2 Å². The van der Waals surface area contributed by atoms with Crippen LogP contribution in [0.5, 0.6) is 5.75 Å². The van der Waals surface area contributed by atoms with E-state index in [2.05, 4.69) is 10.4 Å². The predicted molar refractivity (Wildman–Crippen MR) is 81.8 cm³/mol. The first-order valence-corrected chi connectivity index (χ1v) is 7.08. The lowest BCUT2D eigenvalue weighted by atomic mass is 10.2. The van der Waals surface area contributed by atoms with Crippen molar-refractivity contribution in [2.45, 2.75) is 26.9 Å². The predicted octanol–water partition coefficient (Wildman–Crippen LogP) is 2.80. The number of aryl methyl sites for hydroxylation is 2. The smallest absolute Gasteiger partial charge is 0.271 e. The van der Waals surface area contributed by atoms with E-state index in [-0.39, 0.29) is 5.91 Å². The number of hydrogen-bond donors (Lipinski definition) is 1. The van der Waals surface area contributed by atoms with Gasteiger partial charge in [0.05, 0.1) is 17.8 Å². The van der Waals surface area contributed by atoms with Crippen LogP contribution in [0, 0.1) is 6.92 Å². The van der Waals surface area contributed by atoms with Crippen molar-refractivity contribution in [2.75, 3.05) is 7.11 Å². The highest BCUT2D eigenvalue weighted by Gasteiger charge is 2.19. The summed E-state index contributed by atoms with van der Waals surface area (Å²) in [5, 5.41) is 7.50. The van der Waals surface area contributed by atoms with E-state index < -0.39 is 0 Å². The molecule has 0 radical (unpaired) electrons. The lowest BCUT2D eigenvalue weighted by molar-refractivity contribution is 0.0940. The third-order valence-corrected chi connectivity index (χ3v) is 3.63. The molecule has 0 saturated heterocycles. The van der Waals surface area contributed by atoms with Gasteiger partial charge in [0.2, 0.25) is 0 Å².